The van der Waals surface area contributed by atoms with Gasteiger partial charge >= 0.3 is 5.97 Å². The summed E-state index contributed by atoms with van der Waals surface area (Å²) in [4.78, 5) is 36.0. The van der Waals surface area contributed by atoms with Gasteiger partial charge in [0.1, 0.15) is 5.00 Å². The van der Waals surface area contributed by atoms with Crippen molar-refractivity contribution in [2.45, 2.75) is 13.8 Å². The highest BCUT2D eigenvalue weighted by molar-refractivity contribution is 7.18. The lowest BCUT2D eigenvalue weighted by atomic mass is 10.1. The molecule has 0 atom stereocenters. The first kappa shape index (κ1) is 18.4. The number of esters is 1. The van der Waals surface area contributed by atoms with E-state index >= 15 is 0 Å². The Morgan fingerprint density at radius 3 is 2.52 bits per heavy atom. The molecule has 0 aliphatic rings. The Morgan fingerprint density at radius 2 is 1.92 bits per heavy atom. The molecule has 6 nitrogen and oxygen atoms in total. The predicted octanol–water partition coefficient (Wildman–Crippen LogP) is 2.98. The fourth-order valence-electron chi connectivity index (χ4n) is 2.18. The SMILES string of the molecule is CCOC(=O)c1c(NC(=O)C=Cc2ccccc2)sc(C(N)=O)c1C. The zero-order valence-corrected chi connectivity index (χ0v) is 14.7. The number of ether oxygens (including phenoxy) is 1. The van der Waals surface area contributed by atoms with Gasteiger partial charge in [-0.2, -0.15) is 0 Å². The van der Waals surface area contributed by atoms with Gasteiger partial charge in [0.15, 0.2) is 0 Å². The molecule has 25 heavy (non-hydrogen) atoms. The molecular weight excluding hydrogens is 340 g/mol. The van der Waals surface area contributed by atoms with E-state index in [4.69, 9.17) is 10.5 Å². The monoisotopic (exact) mass is 358 g/mol. The van der Waals surface area contributed by atoms with Crippen LogP contribution in [0.3, 0.4) is 0 Å². The van der Waals surface area contributed by atoms with Gasteiger partial charge in [-0.05, 0) is 31.1 Å². The summed E-state index contributed by atoms with van der Waals surface area (Å²) in [5.41, 5.74) is 6.75. The van der Waals surface area contributed by atoms with Crippen molar-refractivity contribution in [2.24, 2.45) is 5.73 Å². The third kappa shape index (κ3) is 4.54. The van der Waals surface area contributed by atoms with E-state index in [0.29, 0.717) is 5.56 Å². The van der Waals surface area contributed by atoms with E-state index < -0.39 is 17.8 Å². The van der Waals surface area contributed by atoms with Crippen molar-refractivity contribution in [3.63, 3.8) is 0 Å². The van der Waals surface area contributed by atoms with Gasteiger partial charge in [-0.25, -0.2) is 4.79 Å². The summed E-state index contributed by atoms with van der Waals surface area (Å²) >= 11 is 0.957. The number of thiophene rings is 1. The quantitative estimate of drug-likeness (QED) is 0.612. The predicted molar refractivity (Wildman–Crippen MR) is 97.6 cm³/mol. The number of anilines is 1. The molecule has 3 N–H and O–H groups in total. The number of hydrogen-bond donors (Lipinski definition) is 2. The van der Waals surface area contributed by atoms with Gasteiger partial charge < -0.3 is 15.8 Å². The van der Waals surface area contributed by atoms with Gasteiger partial charge in [-0.3, -0.25) is 9.59 Å². The second-order valence-electron chi connectivity index (χ2n) is 5.08. The molecule has 2 aromatic rings. The smallest absolute Gasteiger partial charge is 0.341 e. The molecule has 1 heterocycles. The van der Waals surface area contributed by atoms with Gasteiger partial charge in [-0.1, -0.05) is 30.3 Å². The van der Waals surface area contributed by atoms with E-state index in [-0.39, 0.29) is 22.0 Å². The van der Waals surface area contributed by atoms with Crippen LogP contribution in [0.15, 0.2) is 36.4 Å². The maximum Gasteiger partial charge on any atom is 0.341 e. The molecule has 0 aliphatic heterocycles. The van der Waals surface area contributed by atoms with E-state index in [9.17, 15) is 14.4 Å². The fraction of sp³-hybridized carbons (Fsp3) is 0.167. The standard InChI is InChI=1S/C18H18N2O4S/c1-3-24-18(23)14-11(2)15(16(19)22)25-17(14)20-13(21)10-9-12-7-5-4-6-8-12/h4-10H,3H2,1-2H3,(H2,19,22)(H,20,21). The summed E-state index contributed by atoms with van der Waals surface area (Å²) in [7, 11) is 0. The molecule has 0 fully saturated rings. The molecule has 0 radical (unpaired) electrons. The Labute approximate surface area is 149 Å². The minimum Gasteiger partial charge on any atom is -0.462 e. The molecule has 0 bridgehead atoms. The molecule has 2 rings (SSSR count). The topological polar surface area (TPSA) is 98.5 Å². The van der Waals surface area contributed by atoms with Crippen LogP contribution in [0.4, 0.5) is 5.00 Å². The van der Waals surface area contributed by atoms with Crippen molar-refractivity contribution < 1.29 is 19.1 Å². The molecular formula is C18H18N2O4S. The second kappa shape index (κ2) is 8.25. The summed E-state index contributed by atoms with van der Waals surface area (Å²) in [6, 6.07) is 9.31. The Hall–Kier alpha value is -2.93. The average molecular weight is 358 g/mol. The number of nitrogens with two attached hydrogens (primary N) is 1. The van der Waals surface area contributed by atoms with Crippen molar-refractivity contribution in [2.75, 3.05) is 11.9 Å². The summed E-state index contributed by atoms with van der Waals surface area (Å²) in [6.45, 7) is 3.45. The first-order valence-electron chi connectivity index (χ1n) is 7.58. The minimum absolute atomic E-state index is 0.155. The number of primary amides is 1. The van der Waals surface area contributed by atoms with Crippen molar-refractivity contribution in [3.8, 4) is 0 Å². The lowest BCUT2D eigenvalue weighted by Crippen LogP contribution is -2.13. The zero-order valence-electron chi connectivity index (χ0n) is 13.9. The van der Waals surface area contributed by atoms with Crippen LogP contribution in [0.2, 0.25) is 0 Å². The van der Waals surface area contributed by atoms with Gasteiger partial charge in [0.25, 0.3) is 5.91 Å². The summed E-state index contributed by atoms with van der Waals surface area (Å²) in [6.07, 6.45) is 3.00. The number of carbonyl (C=O) groups excluding carboxylic acids is 3. The normalized spacial score (nSPS) is 10.6. The van der Waals surface area contributed by atoms with Crippen molar-refractivity contribution in [1.82, 2.24) is 0 Å². The van der Waals surface area contributed by atoms with Gasteiger partial charge in [0.2, 0.25) is 5.91 Å². The summed E-state index contributed by atoms with van der Waals surface area (Å²) in [5.74, 6) is -1.69. The third-order valence-corrected chi connectivity index (χ3v) is 4.54. The number of hydrogen-bond acceptors (Lipinski definition) is 5. The molecule has 130 valence electrons. The number of carbonyl (C=O) groups is 3. The Kier molecular flexibility index (Phi) is 6.08. The number of benzene rings is 1. The third-order valence-electron chi connectivity index (χ3n) is 3.31. The van der Waals surface area contributed by atoms with Crippen LogP contribution >= 0.6 is 11.3 Å². The second-order valence-corrected chi connectivity index (χ2v) is 6.10. The van der Waals surface area contributed by atoms with Gasteiger partial charge in [0, 0.05) is 6.08 Å². The Bertz CT molecular complexity index is 825. The molecule has 1 aromatic carbocycles. The van der Waals surface area contributed by atoms with E-state index in [1.54, 1.807) is 19.9 Å². The van der Waals surface area contributed by atoms with Crippen molar-refractivity contribution in [3.05, 3.63) is 58.0 Å². The van der Waals surface area contributed by atoms with Crippen molar-refractivity contribution in [1.29, 1.82) is 0 Å². The first-order chi connectivity index (χ1) is 11.9. The van der Waals surface area contributed by atoms with Crippen LogP contribution < -0.4 is 11.1 Å². The minimum atomic E-state index is -0.659. The Balaban J connectivity index is 2.27. The largest absolute Gasteiger partial charge is 0.462 e. The molecule has 0 saturated carbocycles. The van der Waals surface area contributed by atoms with Crippen LogP contribution in [0.25, 0.3) is 6.08 Å². The van der Waals surface area contributed by atoms with E-state index in [1.165, 1.54) is 6.08 Å². The van der Waals surface area contributed by atoms with Crippen LogP contribution in [0, 0.1) is 6.92 Å². The van der Waals surface area contributed by atoms with Gasteiger partial charge in [-0.15, -0.1) is 11.3 Å². The maximum absolute atomic E-state index is 12.1. The van der Waals surface area contributed by atoms with Crippen LogP contribution in [0.5, 0.6) is 0 Å². The maximum atomic E-state index is 12.1. The molecule has 0 aliphatic carbocycles. The summed E-state index contributed by atoms with van der Waals surface area (Å²) < 4.78 is 5.00. The number of amides is 2. The van der Waals surface area contributed by atoms with Crippen LogP contribution in [0.1, 0.15) is 38.1 Å². The van der Waals surface area contributed by atoms with Crippen LogP contribution in [-0.4, -0.2) is 24.4 Å². The van der Waals surface area contributed by atoms with E-state index in [2.05, 4.69) is 5.32 Å². The highest BCUT2D eigenvalue weighted by Crippen LogP contribution is 2.33. The molecule has 2 amide bonds. The van der Waals surface area contributed by atoms with E-state index in [1.807, 2.05) is 30.3 Å². The molecule has 0 unspecified atom stereocenters. The summed E-state index contributed by atoms with van der Waals surface area (Å²) in [5, 5.41) is 2.86. The molecule has 0 saturated heterocycles. The lowest BCUT2D eigenvalue weighted by molar-refractivity contribution is -0.111. The highest BCUT2D eigenvalue weighted by Gasteiger charge is 2.25. The lowest BCUT2D eigenvalue weighted by Gasteiger charge is -2.05. The van der Waals surface area contributed by atoms with Crippen molar-refractivity contribution >= 4 is 40.2 Å². The Morgan fingerprint density at radius 1 is 1.24 bits per heavy atom. The number of nitrogens with one attached hydrogen (secondary N) is 1. The van der Waals surface area contributed by atoms with Gasteiger partial charge in [0.05, 0.1) is 17.0 Å². The molecule has 1 aromatic heterocycles. The molecule has 0 spiro atoms. The van der Waals surface area contributed by atoms with E-state index in [0.717, 1.165) is 16.9 Å². The first-order valence-corrected chi connectivity index (χ1v) is 8.40. The zero-order chi connectivity index (χ0) is 18.4. The highest BCUT2D eigenvalue weighted by atomic mass is 32.1. The average Bonchev–Trinajstić information content (AvgIpc) is 2.90. The molecule has 7 heteroatoms. The fourth-order valence-corrected chi connectivity index (χ4v) is 3.23. The van der Waals surface area contributed by atoms with Crippen LogP contribution in [-0.2, 0) is 9.53 Å². The number of rotatable bonds is 6.